The lowest BCUT2D eigenvalue weighted by Crippen LogP contribution is -1.89. The van der Waals surface area contributed by atoms with E-state index in [9.17, 15) is 0 Å². The maximum atomic E-state index is 2.30. The quantitative estimate of drug-likeness (QED) is 0.666. The highest BCUT2D eigenvalue weighted by Crippen LogP contribution is 2.36. The summed E-state index contributed by atoms with van der Waals surface area (Å²) in [6.07, 6.45) is 4.60. The Morgan fingerprint density at radius 3 is 2.00 bits per heavy atom. The minimum atomic E-state index is 1.29. The molecule has 0 saturated carbocycles. The lowest BCUT2D eigenvalue weighted by atomic mass is 9.98. The van der Waals surface area contributed by atoms with Gasteiger partial charge in [-0.2, -0.15) is 0 Å². The summed E-state index contributed by atoms with van der Waals surface area (Å²) < 4.78 is 0. The van der Waals surface area contributed by atoms with E-state index in [1.165, 1.54) is 33.4 Å². The molecule has 1 radical (unpaired) electrons. The van der Waals surface area contributed by atoms with Gasteiger partial charge in [0.2, 0.25) is 0 Å². The van der Waals surface area contributed by atoms with Gasteiger partial charge in [0.25, 0.3) is 0 Å². The van der Waals surface area contributed by atoms with Crippen LogP contribution in [0, 0.1) is 20.3 Å². The first-order valence-electron chi connectivity index (χ1n) is 5.98. The summed E-state index contributed by atoms with van der Waals surface area (Å²) in [4.78, 5) is 0. The largest absolute Gasteiger partial charge is 0.0622 e. The summed E-state index contributed by atoms with van der Waals surface area (Å²) in [6, 6.07) is 15.0. The van der Waals surface area contributed by atoms with Gasteiger partial charge < -0.3 is 0 Å². The molecule has 0 nitrogen and oxygen atoms in total. The SMILES string of the molecule is Cc1ccc(C)c2c1[CH]C(c1ccccc1)=C2. The molecular formula is C17H15. The molecule has 0 unspecified atom stereocenters. The van der Waals surface area contributed by atoms with Crippen molar-refractivity contribution in [3.8, 4) is 0 Å². The minimum Gasteiger partial charge on any atom is -0.0622 e. The molecule has 0 amide bonds. The molecule has 83 valence electrons. The predicted molar refractivity (Wildman–Crippen MR) is 73.6 cm³/mol. The molecular weight excluding hydrogens is 204 g/mol. The van der Waals surface area contributed by atoms with Crippen molar-refractivity contribution in [2.45, 2.75) is 13.8 Å². The molecule has 0 saturated heterocycles. The van der Waals surface area contributed by atoms with E-state index in [0.717, 1.165) is 0 Å². The molecule has 1 aliphatic carbocycles. The molecule has 0 bridgehead atoms. The molecule has 1 aliphatic rings. The van der Waals surface area contributed by atoms with Crippen LogP contribution in [-0.4, -0.2) is 0 Å². The number of aryl methyl sites for hydroxylation is 2. The van der Waals surface area contributed by atoms with Gasteiger partial charge >= 0.3 is 0 Å². The fourth-order valence-corrected chi connectivity index (χ4v) is 2.39. The minimum absolute atomic E-state index is 1.29. The molecule has 0 N–H and O–H groups in total. The summed E-state index contributed by atoms with van der Waals surface area (Å²) in [6.45, 7) is 4.35. The molecule has 2 aromatic rings. The summed E-state index contributed by atoms with van der Waals surface area (Å²) in [5.74, 6) is 0. The van der Waals surface area contributed by atoms with E-state index in [2.05, 4.69) is 68.8 Å². The Morgan fingerprint density at radius 2 is 1.35 bits per heavy atom. The second-order valence-electron chi connectivity index (χ2n) is 4.64. The van der Waals surface area contributed by atoms with Crippen LogP contribution in [0.3, 0.4) is 0 Å². The molecule has 2 aromatic carbocycles. The first-order valence-corrected chi connectivity index (χ1v) is 5.98. The Labute approximate surface area is 103 Å². The topological polar surface area (TPSA) is 0 Å². The Hall–Kier alpha value is -1.82. The van der Waals surface area contributed by atoms with Gasteiger partial charge in [-0.05, 0) is 53.3 Å². The smallest absolute Gasteiger partial charge is 0.0214 e. The van der Waals surface area contributed by atoms with Crippen molar-refractivity contribution in [1.82, 2.24) is 0 Å². The molecule has 0 heterocycles. The Balaban J connectivity index is 2.09. The lowest BCUT2D eigenvalue weighted by molar-refractivity contribution is 1.33. The predicted octanol–water partition coefficient (Wildman–Crippen LogP) is 4.41. The van der Waals surface area contributed by atoms with Crippen LogP contribution in [0.5, 0.6) is 0 Å². The van der Waals surface area contributed by atoms with E-state index in [-0.39, 0.29) is 0 Å². The van der Waals surface area contributed by atoms with Gasteiger partial charge in [-0.1, -0.05) is 42.5 Å². The zero-order valence-electron chi connectivity index (χ0n) is 10.2. The average Bonchev–Trinajstić information content (AvgIpc) is 2.81. The van der Waals surface area contributed by atoms with E-state index in [0.29, 0.717) is 0 Å². The monoisotopic (exact) mass is 219 g/mol. The third-order valence-electron chi connectivity index (χ3n) is 3.43. The van der Waals surface area contributed by atoms with Gasteiger partial charge in [-0.25, -0.2) is 0 Å². The summed E-state index contributed by atoms with van der Waals surface area (Å²) >= 11 is 0. The van der Waals surface area contributed by atoms with Gasteiger partial charge in [0.15, 0.2) is 0 Å². The van der Waals surface area contributed by atoms with Gasteiger partial charge in [-0.3, -0.25) is 0 Å². The van der Waals surface area contributed by atoms with Crippen molar-refractivity contribution in [2.24, 2.45) is 0 Å². The highest BCUT2D eigenvalue weighted by Gasteiger charge is 2.17. The number of benzene rings is 2. The number of hydrogen-bond donors (Lipinski definition) is 0. The highest BCUT2D eigenvalue weighted by atomic mass is 14.2. The van der Waals surface area contributed by atoms with Gasteiger partial charge in [0.1, 0.15) is 0 Å². The van der Waals surface area contributed by atoms with Crippen molar-refractivity contribution in [2.75, 3.05) is 0 Å². The van der Waals surface area contributed by atoms with Crippen molar-refractivity contribution in [3.63, 3.8) is 0 Å². The highest BCUT2D eigenvalue weighted by molar-refractivity contribution is 5.95. The van der Waals surface area contributed by atoms with Crippen molar-refractivity contribution in [3.05, 3.63) is 76.7 Å². The van der Waals surface area contributed by atoms with Crippen LogP contribution < -0.4 is 0 Å². The maximum Gasteiger partial charge on any atom is 0.0214 e. The van der Waals surface area contributed by atoms with Gasteiger partial charge in [0.05, 0.1) is 0 Å². The second kappa shape index (κ2) is 3.89. The third-order valence-corrected chi connectivity index (χ3v) is 3.43. The summed E-state index contributed by atoms with van der Waals surface area (Å²) in [5.41, 5.74) is 8.08. The van der Waals surface area contributed by atoms with E-state index in [1.807, 2.05) is 0 Å². The summed E-state index contributed by atoms with van der Waals surface area (Å²) in [7, 11) is 0. The first kappa shape index (κ1) is 10.3. The van der Waals surface area contributed by atoms with Crippen LogP contribution >= 0.6 is 0 Å². The molecule has 0 atom stereocenters. The molecule has 3 rings (SSSR count). The van der Waals surface area contributed by atoms with E-state index in [1.54, 1.807) is 0 Å². The number of fused-ring (bicyclic) bond motifs is 1. The third kappa shape index (κ3) is 1.70. The molecule has 0 heteroatoms. The first-order chi connectivity index (χ1) is 8.25. The van der Waals surface area contributed by atoms with Crippen molar-refractivity contribution >= 4 is 11.6 Å². The van der Waals surface area contributed by atoms with Crippen LogP contribution in [0.15, 0.2) is 42.5 Å². The van der Waals surface area contributed by atoms with Crippen molar-refractivity contribution in [1.29, 1.82) is 0 Å². The van der Waals surface area contributed by atoms with Crippen LogP contribution in [0.4, 0.5) is 0 Å². The average molecular weight is 219 g/mol. The fourth-order valence-electron chi connectivity index (χ4n) is 2.39. The van der Waals surface area contributed by atoms with Crippen molar-refractivity contribution < 1.29 is 0 Å². The standard InChI is InChI=1S/C17H15/c1-12-8-9-13(2)17-11-15(10-16(12)17)14-6-4-3-5-7-14/h3-11H,1-2H3. The zero-order valence-corrected chi connectivity index (χ0v) is 10.2. The Kier molecular flexibility index (Phi) is 2.36. The second-order valence-corrected chi connectivity index (χ2v) is 4.64. The normalized spacial score (nSPS) is 13.4. The molecule has 17 heavy (non-hydrogen) atoms. The zero-order chi connectivity index (χ0) is 11.8. The van der Waals surface area contributed by atoms with Gasteiger partial charge in [0, 0.05) is 6.42 Å². The van der Waals surface area contributed by atoms with E-state index >= 15 is 0 Å². The Morgan fingerprint density at radius 1 is 0.706 bits per heavy atom. The maximum absolute atomic E-state index is 2.30. The Bertz CT molecular complexity index is 589. The molecule has 0 aliphatic heterocycles. The molecule has 0 fully saturated rings. The molecule has 0 aromatic heterocycles. The van der Waals surface area contributed by atoms with E-state index < -0.39 is 0 Å². The summed E-state index contributed by atoms with van der Waals surface area (Å²) in [5, 5.41) is 0. The number of allylic oxidation sites excluding steroid dienone is 1. The van der Waals surface area contributed by atoms with Crippen LogP contribution in [0.2, 0.25) is 0 Å². The fraction of sp³-hybridized carbons (Fsp3) is 0.118. The van der Waals surface area contributed by atoms with Gasteiger partial charge in [-0.15, -0.1) is 0 Å². The van der Waals surface area contributed by atoms with Crippen LogP contribution in [0.1, 0.15) is 27.8 Å². The van der Waals surface area contributed by atoms with Crippen LogP contribution in [-0.2, 0) is 0 Å². The number of rotatable bonds is 1. The van der Waals surface area contributed by atoms with Crippen LogP contribution in [0.25, 0.3) is 11.6 Å². The van der Waals surface area contributed by atoms with E-state index in [4.69, 9.17) is 0 Å². The molecule has 0 spiro atoms. The lowest BCUT2D eigenvalue weighted by Gasteiger charge is -2.06. The number of hydrogen-bond acceptors (Lipinski definition) is 0.